The molecule has 4 nitrogen and oxygen atoms in total. The van der Waals surface area contributed by atoms with E-state index < -0.39 is 24.9 Å². The zero-order chi connectivity index (χ0) is 14.6. The van der Waals surface area contributed by atoms with Crippen molar-refractivity contribution in [3.63, 3.8) is 0 Å². The normalized spacial score (nSPS) is 11.5. The van der Waals surface area contributed by atoms with Crippen molar-refractivity contribution in [2.45, 2.75) is 12.3 Å². The van der Waals surface area contributed by atoms with Gasteiger partial charge in [0.05, 0.1) is 30.6 Å². The lowest BCUT2D eigenvalue weighted by Gasteiger charge is -2.19. The fourth-order valence-corrected chi connectivity index (χ4v) is 1.33. The number of esters is 1. The van der Waals surface area contributed by atoms with E-state index in [0.717, 1.165) is 7.11 Å². The highest BCUT2D eigenvalue weighted by atomic mass is 19.3. The summed E-state index contributed by atoms with van der Waals surface area (Å²) in [5.41, 5.74) is 5.23. The number of anilines is 2. The topological polar surface area (TPSA) is 64.3 Å². The molecule has 1 aromatic rings. The van der Waals surface area contributed by atoms with Crippen molar-refractivity contribution in [1.82, 2.24) is 0 Å². The first kappa shape index (κ1) is 15.1. The summed E-state index contributed by atoms with van der Waals surface area (Å²) in [6, 6.07) is 4.04. The number of carbonyl (C=O) groups excluding carboxylic acids is 1. The minimum atomic E-state index is -4.23. The van der Waals surface area contributed by atoms with E-state index in [-0.39, 0.29) is 16.9 Å². The Balaban J connectivity index is 2.98. The van der Waals surface area contributed by atoms with Crippen LogP contribution in [-0.4, -0.2) is 32.0 Å². The largest absolute Gasteiger partial charge is 0.465 e. The molecule has 3 N–H and O–H groups in total. The number of carbonyl (C=O) groups is 1. The molecule has 0 heterocycles. The molecular weight excluding hydrogens is 268 g/mol. The fraction of sp³-hybridized carbons (Fsp3) is 0.364. The third-order valence-corrected chi connectivity index (χ3v) is 2.32. The molecule has 0 aliphatic carbocycles. The second-order valence-electron chi connectivity index (χ2n) is 3.68. The summed E-state index contributed by atoms with van der Waals surface area (Å²) < 4.78 is 54.1. The standard InChI is InChI=1S/C11H12F4N2O2/c1-19-9(18)6-3-2-4-7(16)8(6)17-5-11(14,15)10(12)13/h2-4,10,17H,5,16H2,1H3. The van der Waals surface area contributed by atoms with E-state index in [9.17, 15) is 22.4 Å². The Morgan fingerprint density at radius 2 is 2.11 bits per heavy atom. The first-order valence-electron chi connectivity index (χ1n) is 5.16. The van der Waals surface area contributed by atoms with Gasteiger partial charge in [0.25, 0.3) is 0 Å². The Bertz CT molecular complexity index is 466. The summed E-state index contributed by atoms with van der Waals surface area (Å²) in [6.07, 6.45) is -3.81. The Morgan fingerprint density at radius 1 is 1.47 bits per heavy atom. The van der Waals surface area contributed by atoms with Gasteiger partial charge >= 0.3 is 18.3 Å². The Morgan fingerprint density at radius 3 is 2.63 bits per heavy atom. The van der Waals surface area contributed by atoms with Crippen LogP contribution in [0.25, 0.3) is 0 Å². The first-order valence-corrected chi connectivity index (χ1v) is 5.16. The Kier molecular flexibility index (Phi) is 4.57. The number of para-hydroxylation sites is 1. The highest BCUT2D eigenvalue weighted by Crippen LogP contribution is 2.28. The minimum Gasteiger partial charge on any atom is -0.465 e. The number of ether oxygens (including phenoxy) is 1. The molecule has 0 aliphatic rings. The quantitative estimate of drug-likeness (QED) is 0.494. The summed E-state index contributed by atoms with van der Waals surface area (Å²) in [5.74, 6) is -5.04. The lowest BCUT2D eigenvalue weighted by atomic mass is 10.1. The van der Waals surface area contributed by atoms with E-state index in [2.05, 4.69) is 10.1 Å². The predicted molar refractivity (Wildman–Crippen MR) is 61.6 cm³/mol. The Hall–Kier alpha value is -1.99. The number of nitrogens with two attached hydrogens (primary N) is 1. The van der Waals surface area contributed by atoms with Crippen LogP contribution < -0.4 is 11.1 Å². The number of halogens is 4. The number of benzene rings is 1. The van der Waals surface area contributed by atoms with Crippen molar-refractivity contribution < 1.29 is 27.1 Å². The van der Waals surface area contributed by atoms with Crippen molar-refractivity contribution in [3.8, 4) is 0 Å². The molecule has 0 amide bonds. The smallest absolute Gasteiger partial charge is 0.340 e. The Labute approximate surface area is 106 Å². The van der Waals surface area contributed by atoms with Crippen LogP contribution in [0.15, 0.2) is 18.2 Å². The van der Waals surface area contributed by atoms with Crippen molar-refractivity contribution in [3.05, 3.63) is 23.8 Å². The van der Waals surface area contributed by atoms with Crippen molar-refractivity contribution >= 4 is 17.3 Å². The highest BCUT2D eigenvalue weighted by Gasteiger charge is 2.40. The van der Waals surface area contributed by atoms with E-state index in [4.69, 9.17) is 5.73 Å². The molecule has 1 rings (SSSR count). The van der Waals surface area contributed by atoms with Crippen LogP contribution in [0.2, 0.25) is 0 Å². The van der Waals surface area contributed by atoms with E-state index in [0.29, 0.717) is 0 Å². The lowest BCUT2D eigenvalue weighted by Crippen LogP contribution is -2.35. The van der Waals surface area contributed by atoms with Crippen LogP contribution in [0.4, 0.5) is 28.9 Å². The molecule has 19 heavy (non-hydrogen) atoms. The second-order valence-corrected chi connectivity index (χ2v) is 3.68. The molecule has 0 spiro atoms. The lowest BCUT2D eigenvalue weighted by molar-refractivity contribution is -0.117. The molecule has 0 atom stereocenters. The molecule has 0 unspecified atom stereocenters. The summed E-state index contributed by atoms with van der Waals surface area (Å²) in [5, 5.41) is 2.06. The molecule has 0 aromatic heterocycles. The van der Waals surface area contributed by atoms with Crippen LogP contribution >= 0.6 is 0 Å². The van der Waals surface area contributed by atoms with E-state index in [1.165, 1.54) is 18.2 Å². The molecule has 0 bridgehead atoms. The summed E-state index contributed by atoms with van der Waals surface area (Å²) in [6.45, 7) is -1.34. The van der Waals surface area contributed by atoms with Gasteiger partial charge in [0.1, 0.15) is 0 Å². The van der Waals surface area contributed by atoms with Crippen molar-refractivity contribution in [1.29, 1.82) is 0 Å². The van der Waals surface area contributed by atoms with E-state index in [1.807, 2.05) is 0 Å². The zero-order valence-corrected chi connectivity index (χ0v) is 9.92. The van der Waals surface area contributed by atoms with Crippen LogP contribution in [0, 0.1) is 0 Å². The van der Waals surface area contributed by atoms with Gasteiger partial charge in [-0.15, -0.1) is 0 Å². The first-order chi connectivity index (χ1) is 8.79. The highest BCUT2D eigenvalue weighted by molar-refractivity contribution is 5.98. The maximum Gasteiger partial charge on any atom is 0.340 e. The van der Waals surface area contributed by atoms with Gasteiger partial charge in [-0.2, -0.15) is 8.78 Å². The molecule has 0 saturated carbocycles. The molecule has 0 aliphatic heterocycles. The zero-order valence-electron chi connectivity index (χ0n) is 9.92. The second kappa shape index (κ2) is 5.77. The number of hydrogen-bond acceptors (Lipinski definition) is 4. The van der Waals surface area contributed by atoms with Crippen LogP contribution in [-0.2, 0) is 4.74 Å². The van der Waals surface area contributed by atoms with Gasteiger partial charge in [0, 0.05) is 0 Å². The fourth-order valence-electron chi connectivity index (χ4n) is 1.33. The third-order valence-electron chi connectivity index (χ3n) is 2.32. The van der Waals surface area contributed by atoms with Gasteiger partial charge < -0.3 is 15.8 Å². The summed E-state index contributed by atoms with van der Waals surface area (Å²) in [7, 11) is 1.10. The van der Waals surface area contributed by atoms with E-state index in [1.54, 1.807) is 0 Å². The molecular formula is C11H12F4N2O2. The summed E-state index contributed by atoms with van der Waals surface area (Å²) >= 11 is 0. The number of hydrogen-bond donors (Lipinski definition) is 2. The van der Waals surface area contributed by atoms with Gasteiger partial charge in [-0.25, -0.2) is 13.6 Å². The molecule has 8 heteroatoms. The average Bonchev–Trinajstić information content (AvgIpc) is 2.35. The van der Waals surface area contributed by atoms with Crippen molar-refractivity contribution in [2.75, 3.05) is 24.7 Å². The number of methoxy groups -OCH3 is 1. The van der Waals surface area contributed by atoms with Crippen LogP contribution in [0.5, 0.6) is 0 Å². The maximum atomic E-state index is 12.8. The maximum absolute atomic E-state index is 12.8. The average molecular weight is 280 g/mol. The van der Waals surface area contributed by atoms with Gasteiger partial charge in [-0.05, 0) is 12.1 Å². The molecule has 1 aromatic carbocycles. The van der Waals surface area contributed by atoms with Gasteiger partial charge in [-0.1, -0.05) is 6.07 Å². The van der Waals surface area contributed by atoms with Crippen molar-refractivity contribution in [2.24, 2.45) is 0 Å². The monoisotopic (exact) mass is 280 g/mol. The molecule has 106 valence electrons. The van der Waals surface area contributed by atoms with Gasteiger partial charge in [0.2, 0.25) is 0 Å². The molecule has 0 saturated heterocycles. The number of nitrogens with one attached hydrogen (secondary N) is 1. The SMILES string of the molecule is COC(=O)c1cccc(N)c1NCC(F)(F)C(F)F. The van der Waals surface area contributed by atoms with E-state index >= 15 is 0 Å². The van der Waals surface area contributed by atoms with Gasteiger partial charge in [0.15, 0.2) is 0 Å². The predicted octanol–water partition coefficient (Wildman–Crippen LogP) is 2.37. The van der Waals surface area contributed by atoms with Gasteiger partial charge in [-0.3, -0.25) is 0 Å². The number of rotatable bonds is 5. The third kappa shape index (κ3) is 3.49. The summed E-state index contributed by atoms with van der Waals surface area (Å²) in [4.78, 5) is 11.4. The van der Waals surface area contributed by atoms with Crippen LogP contribution in [0.3, 0.4) is 0 Å². The number of nitrogen functional groups attached to an aromatic ring is 1. The molecule has 0 fully saturated rings. The van der Waals surface area contributed by atoms with Crippen LogP contribution in [0.1, 0.15) is 10.4 Å². The number of alkyl halides is 4. The molecule has 0 radical (unpaired) electrons. The minimum absolute atomic E-state index is 0.0204.